The van der Waals surface area contributed by atoms with Gasteiger partial charge in [0.05, 0.1) is 4.90 Å². The van der Waals surface area contributed by atoms with E-state index in [1.807, 2.05) is 19.1 Å². The summed E-state index contributed by atoms with van der Waals surface area (Å²) in [5, 5.41) is 0. The zero-order valence-electron chi connectivity index (χ0n) is 11.4. The lowest BCUT2D eigenvalue weighted by Gasteiger charge is -2.13. The maximum absolute atomic E-state index is 12.1. The molecule has 0 unspecified atom stereocenters. The average Bonchev–Trinajstić information content (AvgIpc) is 2.40. The minimum absolute atomic E-state index is 0.343. The number of aryl methyl sites for hydroxylation is 1. The third-order valence-electron chi connectivity index (χ3n) is 3.45. The number of hydrogen-bond donors (Lipinski definition) is 1. The molecule has 4 heteroatoms. The van der Waals surface area contributed by atoms with Gasteiger partial charge in [-0.1, -0.05) is 29.3 Å². The van der Waals surface area contributed by atoms with Crippen LogP contribution in [0.2, 0.25) is 0 Å². The molecule has 0 saturated heterocycles. The summed E-state index contributed by atoms with van der Waals surface area (Å²) < 4.78 is 26.8. The quantitative estimate of drug-likeness (QED) is 0.842. The topological polar surface area (TPSA) is 46.2 Å². The highest BCUT2D eigenvalue weighted by molar-refractivity contribution is 7.89. The summed E-state index contributed by atoms with van der Waals surface area (Å²) in [6.07, 6.45) is 7.83. The van der Waals surface area contributed by atoms with Crippen LogP contribution in [0, 0.1) is 6.92 Å². The van der Waals surface area contributed by atoms with Crippen molar-refractivity contribution < 1.29 is 8.42 Å². The second-order valence-electron chi connectivity index (χ2n) is 5.07. The number of sulfonamides is 1. The minimum atomic E-state index is -3.36. The molecule has 1 N–H and O–H groups in total. The summed E-state index contributed by atoms with van der Waals surface area (Å²) in [5.74, 6) is 0. The highest BCUT2D eigenvalue weighted by Gasteiger charge is 2.13. The molecule has 0 amide bonds. The van der Waals surface area contributed by atoms with Crippen molar-refractivity contribution in [2.24, 2.45) is 0 Å². The number of rotatable bonds is 5. The molecular weight excluding hydrogens is 258 g/mol. The predicted octanol–water partition coefficient (Wildman–Crippen LogP) is 3.16. The van der Waals surface area contributed by atoms with Gasteiger partial charge in [-0.15, -0.1) is 0 Å². The first kappa shape index (κ1) is 14.3. The third-order valence-corrected chi connectivity index (χ3v) is 4.93. The standard InChI is InChI=1S/C15H21NO2S/c1-13-7-9-15(10-8-13)19(17,18)16-12-11-14-5-3-2-4-6-14/h5,7-10,16H,2-4,6,11-12H2,1H3. The molecule has 0 heterocycles. The van der Waals surface area contributed by atoms with Crippen LogP contribution in [0.1, 0.15) is 37.7 Å². The molecule has 0 fully saturated rings. The van der Waals surface area contributed by atoms with E-state index in [-0.39, 0.29) is 0 Å². The van der Waals surface area contributed by atoms with Gasteiger partial charge in [0.25, 0.3) is 0 Å². The lowest BCUT2D eigenvalue weighted by Crippen LogP contribution is -2.25. The van der Waals surface area contributed by atoms with E-state index in [1.54, 1.807) is 12.1 Å². The van der Waals surface area contributed by atoms with Crippen LogP contribution in [0.15, 0.2) is 40.8 Å². The molecular formula is C15H21NO2S. The maximum Gasteiger partial charge on any atom is 0.240 e. The van der Waals surface area contributed by atoms with Gasteiger partial charge in [0.15, 0.2) is 0 Å². The van der Waals surface area contributed by atoms with Crippen molar-refractivity contribution in [2.75, 3.05) is 6.54 Å². The Bertz CT molecular complexity index is 544. The fourth-order valence-electron chi connectivity index (χ4n) is 2.28. The average molecular weight is 279 g/mol. The van der Waals surface area contributed by atoms with E-state index < -0.39 is 10.0 Å². The molecule has 19 heavy (non-hydrogen) atoms. The van der Waals surface area contributed by atoms with Crippen LogP contribution in [0.3, 0.4) is 0 Å². The molecule has 104 valence electrons. The normalized spacial score (nSPS) is 16.2. The Morgan fingerprint density at radius 3 is 2.53 bits per heavy atom. The van der Waals surface area contributed by atoms with Crippen molar-refractivity contribution in [3.8, 4) is 0 Å². The predicted molar refractivity (Wildman–Crippen MR) is 77.5 cm³/mol. The second-order valence-corrected chi connectivity index (χ2v) is 6.84. The SMILES string of the molecule is Cc1ccc(S(=O)(=O)NCCC2=CCCCC2)cc1. The molecule has 1 aliphatic rings. The molecule has 2 rings (SSSR count). The van der Waals surface area contributed by atoms with E-state index in [2.05, 4.69) is 10.8 Å². The van der Waals surface area contributed by atoms with Gasteiger partial charge >= 0.3 is 0 Å². The summed E-state index contributed by atoms with van der Waals surface area (Å²) in [5.41, 5.74) is 2.45. The van der Waals surface area contributed by atoms with E-state index in [0.717, 1.165) is 24.8 Å². The van der Waals surface area contributed by atoms with E-state index in [0.29, 0.717) is 11.4 Å². The Morgan fingerprint density at radius 2 is 1.89 bits per heavy atom. The maximum atomic E-state index is 12.1. The van der Waals surface area contributed by atoms with Gasteiger partial charge in [0.2, 0.25) is 10.0 Å². The second kappa shape index (κ2) is 6.35. The molecule has 1 aromatic carbocycles. The number of benzene rings is 1. The van der Waals surface area contributed by atoms with Gasteiger partial charge in [-0.3, -0.25) is 0 Å². The Morgan fingerprint density at radius 1 is 1.16 bits per heavy atom. The molecule has 1 aliphatic carbocycles. The minimum Gasteiger partial charge on any atom is -0.211 e. The third kappa shape index (κ3) is 4.18. The summed E-state index contributed by atoms with van der Waals surface area (Å²) in [6.45, 7) is 2.43. The number of allylic oxidation sites excluding steroid dienone is 1. The van der Waals surface area contributed by atoms with Crippen LogP contribution < -0.4 is 4.72 Å². The number of nitrogens with one attached hydrogen (secondary N) is 1. The molecule has 0 saturated carbocycles. The smallest absolute Gasteiger partial charge is 0.211 e. The van der Waals surface area contributed by atoms with E-state index >= 15 is 0 Å². The van der Waals surface area contributed by atoms with Crippen molar-refractivity contribution in [3.63, 3.8) is 0 Å². The lowest BCUT2D eigenvalue weighted by molar-refractivity contribution is 0.579. The van der Waals surface area contributed by atoms with Crippen molar-refractivity contribution in [1.82, 2.24) is 4.72 Å². The first-order chi connectivity index (χ1) is 9.08. The van der Waals surface area contributed by atoms with E-state index in [4.69, 9.17) is 0 Å². The van der Waals surface area contributed by atoms with Crippen LogP contribution >= 0.6 is 0 Å². The zero-order chi connectivity index (χ0) is 13.7. The molecule has 0 spiro atoms. The highest BCUT2D eigenvalue weighted by atomic mass is 32.2. The van der Waals surface area contributed by atoms with E-state index in [9.17, 15) is 8.42 Å². The summed E-state index contributed by atoms with van der Waals surface area (Å²) in [7, 11) is -3.36. The first-order valence-corrected chi connectivity index (χ1v) is 8.30. The monoisotopic (exact) mass is 279 g/mol. The van der Waals surface area contributed by atoms with Gasteiger partial charge in [-0.25, -0.2) is 13.1 Å². The first-order valence-electron chi connectivity index (χ1n) is 6.82. The fraction of sp³-hybridized carbons (Fsp3) is 0.467. The molecule has 0 bridgehead atoms. The van der Waals surface area contributed by atoms with Gasteiger partial charge < -0.3 is 0 Å². The molecule has 3 nitrogen and oxygen atoms in total. The largest absolute Gasteiger partial charge is 0.240 e. The summed E-state index contributed by atoms with van der Waals surface area (Å²) >= 11 is 0. The van der Waals surface area contributed by atoms with Crippen LogP contribution in [-0.4, -0.2) is 15.0 Å². The molecule has 0 atom stereocenters. The Labute approximate surface area is 115 Å². The number of hydrogen-bond acceptors (Lipinski definition) is 2. The molecule has 0 aliphatic heterocycles. The molecule has 0 radical (unpaired) electrons. The van der Waals surface area contributed by atoms with Crippen LogP contribution in [-0.2, 0) is 10.0 Å². The van der Waals surface area contributed by atoms with Crippen LogP contribution in [0.25, 0.3) is 0 Å². The Balaban J connectivity index is 1.90. The fourth-order valence-corrected chi connectivity index (χ4v) is 3.31. The van der Waals surface area contributed by atoms with Crippen LogP contribution in [0.4, 0.5) is 0 Å². The van der Waals surface area contributed by atoms with Crippen molar-refractivity contribution in [3.05, 3.63) is 41.5 Å². The lowest BCUT2D eigenvalue weighted by atomic mass is 9.97. The molecule has 0 aromatic heterocycles. The van der Waals surface area contributed by atoms with Gasteiger partial charge in [-0.2, -0.15) is 0 Å². The van der Waals surface area contributed by atoms with E-state index in [1.165, 1.54) is 18.4 Å². The van der Waals surface area contributed by atoms with Gasteiger partial charge in [0, 0.05) is 6.54 Å². The highest BCUT2D eigenvalue weighted by Crippen LogP contribution is 2.19. The van der Waals surface area contributed by atoms with Crippen molar-refractivity contribution in [1.29, 1.82) is 0 Å². The van der Waals surface area contributed by atoms with Gasteiger partial charge in [0.1, 0.15) is 0 Å². The zero-order valence-corrected chi connectivity index (χ0v) is 12.2. The summed E-state index contributed by atoms with van der Waals surface area (Å²) in [4.78, 5) is 0.343. The van der Waals surface area contributed by atoms with Gasteiger partial charge in [-0.05, 0) is 51.2 Å². The van der Waals surface area contributed by atoms with Crippen molar-refractivity contribution >= 4 is 10.0 Å². The Kier molecular flexibility index (Phi) is 4.77. The molecule has 1 aromatic rings. The van der Waals surface area contributed by atoms with Crippen molar-refractivity contribution in [2.45, 2.75) is 43.9 Å². The van der Waals surface area contributed by atoms with Crippen LogP contribution in [0.5, 0.6) is 0 Å². The Hall–Kier alpha value is -1.13. The summed E-state index contributed by atoms with van der Waals surface area (Å²) in [6, 6.07) is 6.94.